The first kappa shape index (κ1) is 19.6. The number of thiazole rings is 1. The molecule has 1 aromatic heterocycles. The molecular weight excluding hydrogens is 456 g/mol. The van der Waals surface area contributed by atoms with Gasteiger partial charge in [-0.3, -0.25) is 0 Å². The average Bonchev–Trinajstić information content (AvgIpc) is 3.19. The lowest BCUT2D eigenvalue weighted by Gasteiger charge is -2.31. The van der Waals surface area contributed by atoms with Gasteiger partial charge in [0.05, 0.1) is 15.8 Å². The lowest BCUT2D eigenvalue weighted by molar-refractivity contribution is 0.529. The third-order valence-corrected chi connectivity index (χ3v) is 8.79. The zero-order valence-corrected chi connectivity index (χ0v) is 18.7. The molecule has 4 rings (SSSR count). The summed E-state index contributed by atoms with van der Waals surface area (Å²) < 4.78 is 26.9. The van der Waals surface area contributed by atoms with Gasteiger partial charge in [0.2, 0.25) is 0 Å². The Balaban J connectivity index is 1.45. The molecule has 7 heteroatoms. The third kappa shape index (κ3) is 4.02. The van der Waals surface area contributed by atoms with Crippen LogP contribution in [0, 0.1) is 6.92 Å². The Morgan fingerprint density at radius 3 is 2.50 bits per heavy atom. The predicted octanol–water partition coefficient (Wildman–Crippen LogP) is 5.32. The first-order valence-electron chi connectivity index (χ1n) is 9.20. The maximum Gasteiger partial charge on any atom is 0.185 e. The Bertz CT molecular complexity index is 1070. The summed E-state index contributed by atoms with van der Waals surface area (Å²) in [7, 11) is -3.28. The van der Waals surface area contributed by atoms with E-state index in [2.05, 4.69) is 32.3 Å². The fraction of sp³-hybridized carbons (Fsp3) is 0.286. The van der Waals surface area contributed by atoms with Gasteiger partial charge in [0.1, 0.15) is 0 Å². The standard InChI is InChI=1S/C21H21BrN2O2S2/c1-15-5-7-18(8-6-15)28(25,26)19-9-11-24(12-10-19)21-23-20(14-27-21)16-3-2-4-17(22)13-16/h2-8,13-14,19H,9-12H2,1H3. The monoisotopic (exact) mass is 476 g/mol. The first-order valence-corrected chi connectivity index (χ1v) is 12.4. The quantitative estimate of drug-likeness (QED) is 0.510. The molecule has 0 bridgehead atoms. The zero-order chi connectivity index (χ0) is 19.7. The van der Waals surface area contributed by atoms with E-state index in [-0.39, 0.29) is 5.25 Å². The minimum absolute atomic E-state index is 0.323. The SMILES string of the molecule is Cc1ccc(S(=O)(=O)C2CCN(c3nc(-c4cccc(Br)c4)cs3)CC2)cc1. The number of aryl methyl sites for hydroxylation is 1. The van der Waals surface area contributed by atoms with E-state index < -0.39 is 9.84 Å². The van der Waals surface area contributed by atoms with Crippen molar-refractivity contribution in [1.29, 1.82) is 0 Å². The molecule has 1 saturated heterocycles. The number of anilines is 1. The van der Waals surface area contributed by atoms with Gasteiger partial charge in [-0.15, -0.1) is 11.3 Å². The van der Waals surface area contributed by atoms with E-state index in [1.807, 2.05) is 37.3 Å². The maximum atomic E-state index is 12.9. The molecule has 1 aliphatic rings. The van der Waals surface area contributed by atoms with Gasteiger partial charge in [0, 0.05) is 28.5 Å². The summed E-state index contributed by atoms with van der Waals surface area (Å²) in [5, 5.41) is 2.70. The molecule has 0 spiro atoms. The number of sulfone groups is 1. The van der Waals surface area contributed by atoms with Crippen molar-refractivity contribution in [1.82, 2.24) is 4.98 Å². The lowest BCUT2D eigenvalue weighted by atomic mass is 10.1. The van der Waals surface area contributed by atoms with Crippen LogP contribution in [0.3, 0.4) is 0 Å². The molecule has 0 radical (unpaired) electrons. The summed E-state index contributed by atoms with van der Waals surface area (Å²) in [5.74, 6) is 0. The van der Waals surface area contributed by atoms with Crippen LogP contribution in [0.1, 0.15) is 18.4 Å². The lowest BCUT2D eigenvalue weighted by Crippen LogP contribution is -2.39. The molecule has 146 valence electrons. The van der Waals surface area contributed by atoms with Crippen LogP contribution in [0.25, 0.3) is 11.3 Å². The summed E-state index contributed by atoms with van der Waals surface area (Å²) in [6.45, 7) is 3.38. The van der Waals surface area contributed by atoms with Crippen molar-refractivity contribution in [3.8, 4) is 11.3 Å². The molecule has 2 heterocycles. The van der Waals surface area contributed by atoms with Crippen molar-refractivity contribution in [2.75, 3.05) is 18.0 Å². The number of hydrogen-bond donors (Lipinski definition) is 0. The van der Waals surface area contributed by atoms with Gasteiger partial charge < -0.3 is 4.90 Å². The van der Waals surface area contributed by atoms with Crippen molar-refractivity contribution in [2.45, 2.75) is 29.9 Å². The highest BCUT2D eigenvalue weighted by Gasteiger charge is 2.32. The van der Waals surface area contributed by atoms with E-state index in [1.165, 1.54) is 0 Å². The normalized spacial score (nSPS) is 15.7. The summed E-state index contributed by atoms with van der Waals surface area (Å²) in [5.41, 5.74) is 3.10. The van der Waals surface area contributed by atoms with Crippen molar-refractivity contribution < 1.29 is 8.42 Å². The molecule has 0 amide bonds. The van der Waals surface area contributed by atoms with Crippen LogP contribution in [0.2, 0.25) is 0 Å². The predicted molar refractivity (Wildman–Crippen MR) is 119 cm³/mol. The van der Waals surface area contributed by atoms with Crippen LogP contribution in [-0.4, -0.2) is 31.7 Å². The molecule has 0 unspecified atom stereocenters. The number of aromatic nitrogens is 1. The largest absolute Gasteiger partial charge is 0.348 e. The van der Waals surface area contributed by atoms with Gasteiger partial charge in [0.25, 0.3) is 0 Å². The van der Waals surface area contributed by atoms with Crippen LogP contribution in [0.5, 0.6) is 0 Å². The van der Waals surface area contributed by atoms with Crippen LogP contribution < -0.4 is 4.90 Å². The Labute approximate surface area is 178 Å². The highest BCUT2D eigenvalue weighted by Crippen LogP contribution is 2.32. The molecule has 1 aliphatic heterocycles. The van der Waals surface area contributed by atoms with Crippen LogP contribution >= 0.6 is 27.3 Å². The van der Waals surface area contributed by atoms with Crippen LogP contribution in [0.4, 0.5) is 5.13 Å². The molecule has 2 aromatic carbocycles. The van der Waals surface area contributed by atoms with Gasteiger partial charge in [0.15, 0.2) is 15.0 Å². The van der Waals surface area contributed by atoms with Crippen LogP contribution in [0.15, 0.2) is 63.3 Å². The molecule has 1 fully saturated rings. The summed E-state index contributed by atoms with van der Waals surface area (Å²) >= 11 is 5.11. The van der Waals surface area contributed by atoms with E-state index in [0.717, 1.165) is 26.4 Å². The highest BCUT2D eigenvalue weighted by atomic mass is 79.9. The minimum atomic E-state index is -3.28. The van der Waals surface area contributed by atoms with E-state index in [1.54, 1.807) is 23.5 Å². The summed E-state index contributed by atoms with van der Waals surface area (Å²) in [6.07, 6.45) is 1.25. The van der Waals surface area contributed by atoms with Gasteiger partial charge in [-0.2, -0.15) is 0 Å². The fourth-order valence-electron chi connectivity index (χ4n) is 3.47. The molecule has 0 aliphatic carbocycles. The second-order valence-corrected chi connectivity index (χ2v) is 11.1. The van der Waals surface area contributed by atoms with E-state index >= 15 is 0 Å². The van der Waals surface area contributed by atoms with Crippen molar-refractivity contribution in [2.24, 2.45) is 0 Å². The minimum Gasteiger partial charge on any atom is -0.348 e. The fourth-order valence-corrected chi connectivity index (χ4v) is 6.49. The van der Waals surface area contributed by atoms with Crippen molar-refractivity contribution in [3.63, 3.8) is 0 Å². The smallest absolute Gasteiger partial charge is 0.185 e. The second-order valence-electron chi connectivity index (χ2n) is 7.07. The first-order chi connectivity index (χ1) is 13.4. The molecule has 28 heavy (non-hydrogen) atoms. The Morgan fingerprint density at radius 1 is 1.11 bits per heavy atom. The molecule has 3 aromatic rings. The maximum absolute atomic E-state index is 12.9. The average molecular weight is 477 g/mol. The number of rotatable bonds is 4. The number of halogens is 1. The second kappa shape index (κ2) is 7.97. The summed E-state index contributed by atoms with van der Waals surface area (Å²) in [4.78, 5) is 7.41. The van der Waals surface area contributed by atoms with Gasteiger partial charge >= 0.3 is 0 Å². The summed E-state index contributed by atoms with van der Waals surface area (Å²) in [6, 6.07) is 15.3. The Morgan fingerprint density at radius 2 is 1.82 bits per heavy atom. The van der Waals surface area contributed by atoms with Crippen molar-refractivity contribution >= 4 is 42.2 Å². The molecule has 0 N–H and O–H groups in total. The Hall–Kier alpha value is -1.70. The van der Waals surface area contributed by atoms with Gasteiger partial charge in [-0.1, -0.05) is 45.8 Å². The highest BCUT2D eigenvalue weighted by molar-refractivity contribution is 9.10. The molecule has 0 atom stereocenters. The van der Waals surface area contributed by atoms with Gasteiger partial charge in [-0.25, -0.2) is 13.4 Å². The number of benzene rings is 2. The van der Waals surface area contributed by atoms with Gasteiger partial charge in [-0.05, 0) is 44.0 Å². The third-order valence-electron chi connectivity index (χ3n) is 5.11. The topological polar surface area (TPSA) is 50.3 Å². The van der Waals surface area contributed by atoms with Crippen LogP contribution in [-0.2, 0) is 9.84 Å². The van der Waals surface area contributed by atoms with E-state index in [4.69, 9.17) is 4.98 Å². The molecule has 4 nitrogen and oxygen atoms in total. The number of piperidine rings is 1. The molecular formula is C21H21BrN2O2S2. The van der Waals surface area contributed by atoms with Crippen molar-refractivity contribution in [3.05, 3.63) is 63.9 Å². The number of hydrogen-bond acceptors (Lipinski definition) is 5. The zero-order valence-electron chi connectivity index (χ0n) is 15.5. The molecule has 0 saturated carbocycles. The Kier molecular flexibility index (Phi) is 5.58. The number of nitrogens with zero attached hydrogens (tertiary/aromatic N) is 2. The van der Waals surface area contributed by atoms with E-state index in [9.17, 15) is 8.42 Å². The van der Waals surface area contributed by atoms with E-state index in [0.29, 0.717) is 30.8 Å².